The van der Waals surface area contributed by atoms with Crippen molar-refractivity contribution in [3.05, 3.63) is 51.5 Å². The average Bonchev–Trinajstić information content (AvgIpc) is 2.42. The summed E-state index contributed by atoms with van der Waals surface area (Å²) in [6, 6.07) is 5.11. The molecule has 2 heterocycles. The molecule has 2 rings (SSSR count). The molecule has 0 aliphatic rings. The third-order valence-electron chi connectivity index (χ3n) is 3.06. The second-order valence-electron chi connectivity index (χ2n) is 4.41. The third-order valence-corrected chi connectivity index (χ3v) is 3.64. The van der Waals surface area contributed by atoms with Gasteiger partial charge in [0.25, 0.3) is 5.91 Å². The van der Waals surface area contributed by atoms with Gasteiger partial charge in [0.2, 0.25) is 0 Å². The summed E-state index contributed by atoms with van der Waals surface area (Å²) in [6.45, 7) is 3.78. The highest BCUT2D eigenvalue weighted by Crippen LogP contribution is 2.27. The molecule has 0 atom stereocenters. The molecule has 0 bridgehead atoms. The van der Waals surface area contributed by atoms with Gasteiger partial charge in [-0.3, -0.25) is 4.79 Å². The van der Waals surface area contributed by atoms with Gasteiger partial charge in [0, 0.05) is 18.9 Å². The first-order chi connectivity index (χ1) is 9.41. The van der Waals surface area contributed by atoms with Crippen molar-refractivity contribution in [3.63, 3.8) is 0 Å². The lowest BCUT2D eigenvalue weighted by Crippen LogP contribution is -2.27. The van der Waals surface area contributed by atoms with E-state index in [-0.39, 0.29) is 16.2 Å². The molecule has 2 aromatic rings. The van der Waals surface area contributed by atoms with Crippen LogP contribution >= 0.6 is 23.2 Å². The number of rotatable bonds is 2. The first-order valence-corrected chi connectivity index (χ1v) is 6.69. The molecule has 0 aliphatic heterocycles. The van der Waals surface area contributed by atoms with Crippen molar-refractivity contribution in [3.8, 4) is 0 Å². The van der Waals surface area contributed by atoms with Gasteiger partial charge in [-0.05, 0) is 37.6 Å². The molecule has 0 N–H and O–H groups in total. The zero-order valence-electron chi connectivity index (χ0n) is 11.3. The van der Waals surface area contributed by atoms with Gasteiger partial charge >= 0.3 is 0 Å². The summed E-state index contributed by atoms with van der Waals surface area (Å²) in [5, 5.41) is 0.446. The summed E-state index contributed by atoms with van der Waals surface area (Å²) in [7, 11) is 1.63. The van der Waals surface area contributed by atoms with Crippen molar-refractivity contribution < 1.29 is 4.79 Å². The number of anilines is 1. The summed E-state index contributed by atoms with van der Waals surface area (Å²) in [4.78, 5) is 22.0. The standard InChI is InChI=1S/C14H13Cl2N3O/c1-8-7-11(13(16)18-9(8)2)19(3)14(20)10-5-4-6-17-12(10)15/h4-7H,1-3H3. The van der Waals surface area contributed by atoms with Crippen molar-refractivity contribution in [1.29, 1.82) is 0 Å². The first-order valence-electron chi connectivity index (χ1n) is 5.94. The van der Waals surface area contributed by atoms with Crippen LogP contribution < -0.4 is 4.90 Å². The highest BCUT2D eigenvalue weighted by atomic mass is 35.5. The van der Waals surface area contributed by atoms with Crippen LogP contribution in [0.2, 0.25) is 10.3 Å². The van der Waals surface area contributed by atoms with E-state index in [1.165, 1.54) is 11.1 Å². The zero-order valence-corrected chi connectivity index (χ0v) is 12.8. The molecule has 0 radical (unpaired) electrons. The largest absolute Gasteiger partial charge is 0.308 e. The van der Waals surface area contributed by atoms with Crippen LogP contribution in [-0.2, 0) is 0 Å². The molecule has 20 heavy (non-hydrogen) atoms. The maximum atomic E-state index is 12.4. The van der Waals surface area contributed by atoms with E-state index in [2.05, 4.69) is 9.97 Å². The molecule has 1 amide bonds. The minimum Gasteiger partial charge on any atom is -0.308 e. The Morgan fingerprint density at radius 3 is 2.60 bits per heavy atom. The number of carbonyl (C=O) groups is 1. The number of halogens is 2. The van der Waals surface area contributed by atoms with Crippen LogP contribution in [0.15, 0.2) is 24.4 Å². The van der Waals surface area contributed by atoms with E-state index in [1.54, 1.807) is 19.2 Å². The lowest BCUT2D eigenvalue weighted by molar-refractivity contribution is 0.0992. The van der Waals surface area contributed by atoms with Crippen molar-refractivity contribution in [2.24, 2.45) is 0 Å². The molecule has 6 heteroatoms. The molecule has 0 fully saturated rings. The number of aryl methyl sites for hydroxylation is 2. The lowest BCUT2D eigenvalue weighted by Gasteiger charge is -2.19. The van der Waals surface area contributed by atoms with Crippen molar-refractivity contribution >= 4 is 34.8 Å². The van der Waals surface area contributed by atoms with Gasteiger partial charge in [-0.15, -0.1) is 0 Å². The third kappa shape index (κ3) is 2.76. The monoisotopic (exact) mass is 309 g/mol. The Hall–Kier alpha value is -1.65. The summed E-state index contributed by atoms with van der Waals surface area (Å²) >= 11 is 12.1. The molecule has 0 unspecified atom stereocenters. The molecule has 104 valence electrons. The van der Waals surface area contributed by atoms with Crippen molar-refractivity contribution in [2.75, 3.05) is 11.9 Å². The van der Waals surface area contributed by atoms with Gasteiger partial charge in [-0.2, -0.15) is 0 Å². The summed E-state index contributed by atoms with van der Waals surface area (Å²) in [5.74, 6) is -0.282. The SMILES string of the molecule is Cc1cc(N(C)C(=O)c2cccnc2Cl)c(Cl)nc1C. The van der Waals surface area contributed by atoms with E-state index in [9.17, 15) is 4.79 Å². The number of amides is 1. The predicted octanol–water partition coefficient (Wildman–Crippen LogP) is 3.68. The predicted molar refractivity (Wildman–Crippen MR) is 80.7 cm³/mol. The summed E-state index contributed by atoms with van der Waals surface area (Å²) in [5.41, 5.74) is 2.66. The second kappa shape index (κ2) is 5.77. The first kappa shape index (κ1) is 14.8. The highest BCUT2D eigenvalue weighted by molar-refractivity contribution is 6.35. The lowest BCUT2D eigenvalue weighted by atomic mass is 10.2. The Balaban J connectivity index is 2.42. The minimum absolute atomic E-state index is 0.164. The normalized spacial score (nSPS) is 10.4. The molecule has 0 aliphatic carbocycles. The molecule has 0 saturated carbocycles. The van der Waals surface area contributed by atoms with Gasteiger partial charge in [-0.1, -0.05) is 23.2 Å². The van der Waals surface area contributed by atoms with Crippen molar-refractivity contribution in [1.82, 2.24) is 9.97 Å². The Kier molecular flexibility index (Phi) is 4.26. The smallest absolute Gasteiger partial charge is 0.261 e. The summed E-state index contributed by atoms with van der Waals surface area (Å²) in [6.07, 6.45) is 1.53. The van der Waals surface area contributed by atoms with E-state index in [0.717, 1.165) is 11.3 Å². The topological polar surface area (TPSA) is 46.1 Å². The van der Waals surface area contributed by atoms with Crippen LogP contribution in [0.3, 0.4) is 0 Å². The van der Waals surface area contributed by atoms with E-state index in [0.29, 0.717) is 11.3 Å². The zero-order chi connectivity index (χ0) is 14.9. The second-order valence-corrected chi connectivity index (χ2v) is 5.12. The molecule has 2 aromatic heterocycles. The minimum atomic E-state index is -0.282. The van der Waals surface area contributed by atoms with E-state index in [1.807, 2.05) is 19.9 Å². The van der Waals surface area contributed by atoms with Crippen LogP contribution in [0, 0.1) is 13.8 Å². The fourth-order valence-electron chi connectivity index (χ4n) is 1.73. The Bertz CT molecular complexity index is 673. The van der Waals surface area contributed by atoms with Gasteiger partial charge in [0.15, 0.2) is 5.15 Å². The quantitative estimate of drug-likeness (QED) is 0.795. The molecule has 0 spiro atoms. The van der Waals surface area contributed by atoms with E-state index in [4.69, 9.17) is 23.2 Å². The number of hydrogen-bond acceptors (Lipinski definition) is 3. The highest BCUT2D eigenvalue weighted by Gasteiger charge is 2.20. The maximum absolute atomic E-state index is 12.4. The van der Waals surface area contributed by atoms with E-state index >= 15 is 0 Å². The fraction of sp³-hybridized carbons (Fsp3) is 0.214. The van der Waals surface area contributed by atoms with Crippen LogP contribution in [0.5, 0.6) is 0 Å². The molecule has 0 saturated heterocycles. The van der Waals surface area contributed by atoms with Gasteiger partial charge < -0.3 is 4.90 Å². The number of hydrogen-bond donors (Lipinski definition) is 0. The maximum Gasteiger partial charge on any atom is 0.261 e. The number of aromatic nitrogens is 2. The van der Waals surface area contributed by atoms with Crippen LogP contribution in [0.25, 0.3) is 0 Å². The number of pyridine rings is 2. The molecule has 4 nitrogen and oxygen atoms in total. The number of carbonyl (C=O) groups excluding carboxylic acids is 1. The van der Waals surface area contributed by atoms with Gasteiger partial charge in [-0.25, -0.2) is 9.97 Å². The average molecular weight is 310 g/mol. The van der Waals surface area contributed by atoms with Crippen LogP contribution in [-0.4, -0.2) is 22.9 Å². The number of nitrogens with zero attached hydrogens (tertiary/aromatic N) is 3. The molecule has 0 aromatic carbocycles. The van der Waals surface area contributed by atoms with Gasteiger partial charge in [0.05, 0.1) is 11.3 Å². The van der Waals surface area contributed by atoms with Crippen molar-refractivity contribution in [2.45, 2.75) is 13.8 Å². The van der Waals surface area contributed by atoms with E-state index < -0.39 is 0 Å². The fourth-order valence-corrected chi connectivity index (χ4v) is 2.24. The molecular weight excluding hydrogens is 297 g/mol. The Morgan fingerprint density at radius 2 is 1.95 bits per heavy atom. The molecular formula is C14H13Cl2N3O. The van der Waals surface area contributed by atoms with Gasteiger partial charge in [0.1, 0.15) is 5.15 Å². The Morgan fingerprint density at radius 1 is 1.25 bits per heavy atom. The summed E-state index contributed by atoms with van der Waals surface area (Å²) < 4.78 is 0. The van der Waals surface area contributed by atoms with Crippen LogP contribution in [0.1, 0.15) is 21.6 Å². The Labute approximate surface area is 127 Å². The van der Waals surface area contributed by atoms with Crippen LogP contribution in [0.4, 0.5) is 5.69 Å².